The highest BCUT2D eigenvalue weighted by molar-refractivity contribution is 5.91. The number of rotatable bonds is 3. The van der Waals surface area contributed by atoms with Crippen molar-refractivity contribution in [1.29, 1.82) is 0 Å². The predicted octanol–water partition coefficient (Wildman–Crippen LogP) is 0.186. The third-order valence-corrected chi connectivity index (χ3v) is 1.56. The highest BCUT2D eigenvalue weighted by Crippen LogP contribution is 2.08. The van der Waals surface area contributed by atoms with Gasteiger partial charge in [0.1, 0.15) is 0 Å². The number of hydrazine groups is 1. The first kappa shape index (κ1) is 10.2. The van der Waals surface area contributed by atoms with Crippen LogP contribution >= 0.6 is 0 Å². The molecule has 0 aliphatic carbocycles. The van der Waals surface area contributed by atoms with Gasteiger partial charge in [-0.2, -0.15) is 0 Å². The SMILES string of the molecule is NN(C(=O)NC[C]=O)c1ccccc1. The molecule has 5 heteroatoms. The molecule has 1 aromatic carbocycles. The average molecular weight is 192 g/mol. The third kappa shape index (κ3) is 2.56. The number of anilines is 1. The molecule has 0 saturated heterocycles. The Morgan fingerprint density at radius 1 is 1.43 bits per heavy atom. The second-order valence-electron chi connectivity index (χ2n) is 2.51. The summed E-state index contributed by atoms with van der Waals surface area (Å²) in [4.78, 5) is 21.1. The number of benzene rings is 1. The van der Waals surface area contributed by atoms with E-state index in [1.165, 1.54) is 0 Å². The van der Waals surface area contributed by atoms with Crippen LogP contribution in [0.4, 0.5) is 10.5 Å². The van der Waals surface area contributed by atoms with Crippen molar-refractivity contribution in [3.8, 4) is 0 Å². The molecule has 1 aromatic rings. The molecule has 14 heavy (non-hydrogen) atoms. The van der Waals surface area contributed by atoms with E-state index in [0.717, 1.165) is 5.01 Å². The lowest BCUT2D eigenvalue weighted by Gasteiger charge is -2.15. The standard InChI is InChI=1S/C9H10N3O2/c10-12(9(14)11-6-7-13)8-4-2-1-3-5-8/h1-5H,6,10H2,(H,11,14). The van der Waals surface area contributed by atoms with E-state index < -0.39 is 6.03 Å². The lowest BCUT2D eigenvalue weighted by Crippen LogP contribution is -2.45. The van der Waals surface area contributed by atoms with Crippen molar-refractivity contribution in [2.24, 2.45) is 5.84 Å². The number of hydrogen-bond donors (Lipinski definition) is 2. The summed E-state index contributed by atoms with van der Waals surface area (Å²) < 4.78 is 0. The first-order valence-corrected chi connectivity index (χ1v) is 3.98. The highest BCUT2D eigenvalue weighted by Gasteiger charge is 2.09. The Morgan fingerprint density at radius 3 is 2.64 bits per heavy atom. The molecule has 5 nitrogen and oxygen atoms in total. The van der Waals surface area contributed by atoms with Crippen LogP contribution in [0, 0.1) is 0 Å². The number of urea groups is 1. The molecular weight excluding hydrogens is 182 g/mol. The van der Waals surface area contributed by atoms with E-state index in [2.05, 4.69) is 5.32 Å². The van der Waals surface area contributed by atoms with E-state index in [-0.39, 0.29) is 6.54 Å². The fourth-order valence-corrected chi connectivity index (χ4v) is 0.903. The largest absolute Gasteiger partial charge is 0.336 e. The summed E-state index contributed by atoms with van der Waals surface area (Å²) in [7, 11) is 0. The number of hydrogen-bond acceptors (Lipinski definition) is 3. The summed E-state index contributed by atoms with van der Waals surface area (Å²) in [6, 6.07) is 8.16. The van der Waals surface area contributed by atoms with Crippen molar-refractivity contribution in [2.45, 2.75) is 0 Å². The van der Waals surface area contributed by atoms with E-state index >= 15 is 0 Å². The maximum absolute atomic E-state index is 11.2. The first-order valence-electron chi connectivity index (χ1n) is 3.98. The number of nitrogens with one attached hydrogen (secondary N) is 1. The van der Waals surface area contributed by atoms with Gasteiger partial charge in [-0.05, 0) is 12.1 Å². The minimum absolute atomic E-state index is 0.167. The van der Waals surface area contributed by atoms with E-state index in [1.807, 2.05) is 6.07 Å². The summed E-state index contributed by atoms with van der Waals surface area (Å²) in [5.74, 6) is 5.47. The molecule has 1 rings (SSSR count). The summed E-state index contributed by atoms with van der Waals surface area (Å²) in [6.07, 6.45) is 1.54. The molecule has 0 unspecified atom stereocenters. The Bertz CT molecular complexity index is 313. The van der Waals surface area contributed by atoms with E-state index in [1.54, 1.807) is 30.6 Å². The van der Waals surface area contributed by atoms with Gasteiger partial charge in [-0.3, -0.25) is 4.79 Å². The molecule has 1 radical (unpaired) electrons. The number of carbonyl (C=O) groups excluding carboxylic acids is 2. The summed E-state index contributed by atoms with van der Waals surface area (Å²) in [5.41, 5.74) is 0.552. The molecular formula is C9H10N3O2. The van der Waals surface area contributed by atoms with Crippen molar-refractivity contribution in [3.63, 3.8) is 0 Å². The first-order chi connectivity index (χ1) is 6.75. The average Bonchev–Trinajstić information content (AvgIpc) is 2.26. The van der Waals surface area contributed by atoms with Crippen LogP contribution < -0.4 is 16.2 Å². The highest BCUT2D eigenvalue weighted by atomic mass is 16.2. The number of carbonyl (C=O) groups is 1. The Morgan fingerprint density at radius 2 is 2.07 bits per heavy atom. The lowest BCUT2D eigenvalue weighted by molar-refractivity contribution is 0.247. The van der Waals surface area contributed by atoms with Gasteiger partial charge in [0.15, 0.2) is 0 Å². The predicted molar refractivity (Wildman–Crippen MR) is 52.2 cm³/mol. The Kier molecular flexibility index (Phi) is 3.63. The molecule has 0 bridgehead atoms. The van der Waals surface area contributed by atoms with E-state index in [4.69, 9.17) is 5.84 Å². The smallest absolute Gasteiger partial charge is 0.329 e. The maximum Gasteiger partial charge on any atom is 0.336 e. The fraction of sp³-hybridized carbons (Fsp3) is 0.111. The lowest BCUT2D eigenvalue weighted by atomic mass is 10.3. The van der Waals surface area contributed by atoms with Crippen LogP contribution in [-0.4, -0.2) is 18.9 Å². The Hall–Kier alpha value is -1.88. The molecule has 0 aliphatic rings. The minimum atomic E-state index is -0.542. The summed E-state index contributed by atoms with van der Waals surface area (Å²) in [6.45, 7) is -0.167. The van der Waals surface area contributed by atoms with Crippen LogP contribution in [0.1, 0.15) is 0 Å². The van der Waals surface area contributed by atoms with Gasteiger partial charge < -0.3 is 5.32 Å². The van der Waals surface area contributed by atoms with Gasteiger partial charge in [0, 0.05) is 0 Å². The van der Waals surface area contributed by atoms with Crippen molar-refractivity contribution in [3.05, 3.63) is 30.3 Å². The Labute approximate surface area is 81.5 Å². The van der Waals surface area contributed by atoms with Crippen LogP contribution in [0.2, 0.25) is 0 Å². The van der Waals surface area contributed by atoms with Crippen LogP contribution in [-0.2, 0) is 4.79 Å². The molecule has 2 amide bonds. The van der Waals surface area contributed by atoms with Gasteiger partial charge in [-0.1, -0.05) is 18.2 Å². The summed E-state index contributed by atoms with van der Waals surface area (Å²) in [5, 5.41) is 3.20. The van der Waals surface area contributed by atoms with E-state index in [9.17, 15) is 9.59 Å². The second kappa shape index (κ2) is 4.98. The normalized spacial score (nSPS) is 9.21. The van der Waals surface area contributed by atoms with Gasteiger partial charge in [0.2, 0.25) is 6.29 Å². The van der Waals surface area contributed by atoms with Gasteiger partial charge in [-0.15, -0.1) is 0 Å². The van der Waals surface area contributed by atoms with Gasteiger partial charge in [0.25, 0.3) is 0 Å². The zero-order chi connectivity index (χ0) is 10.4. The van der Waals surface area contributed by atoms with Crippen molar-refractivity contribution < 1.29 is 9.59 Å². The van der Waals surface area contributed by atoms with Crippen molar-refractivity contribution in [2.75, 3.05) is 11.6 Å². The number of nitrogens with zero attached hydrogens (tertiary/aromatic N) is 1. The number of nitrogens with two attached hydrogens (primary N) is 1. The van der Waals surface area contributed by atoms with Crippen molar-refractivity contribution in [1.82, 2.24) is 5.32 Å². The monoisotopic (exact) mass is 192 g/mol. The van der Waals surface area contributed by atoms with E-state index in [0.29, 0.717) is 5.69 Å². The minimum Gasteiger partial charge on any atom is -0.329 e. The third-order valence-electron chi connectivity index (χ3n) is 1.56. The van der Waals surface area contributed by atoms with Gasteiger partial charge in [0.05, 0.1) is 12.2 Å². The second-order valence-corrected chi connectivity index (χ2v) is 2.51. The van der Waals surface area contributed by atoms with Crippen molar-refractivity contribution >= 4 is 18.0 Å². The molecule has 3 N–H and O–H groups in total. The molecule has 0 saturated carbocycles. The zero-order valence-electron chi connectivity index (χ0n) is 7.43. The molecule has 0 atom stereocenters. The molecule has 0 aromatic heterocycles. The maximum atomic E-state index is 11.2. The van der Waals surface area contributed by atoms with Gasteiger partial charge in [-0.25, -0.2) is 15.6 Å². The van der Waals surface area contributed by atoms with Gasteiger partial charge >= 0.3 is 6.03 Å². The van der Waals surface area contributed by atoms with Crippen LogP contribution in [0.15, 0.2) is 30.3 Å². The number of amides is 2. The number of para-hydroxylation sites is 1. The van der Waals surface area contributed by atoms with Crippen LogP contribution in [0.5, 0.6) is 0 Å². The topological polar surface area (TPSA) is 75.4 Å². The quantitative estimate of drug-likeness (QED) is 0.407. The molecule has 0 heterocycles. The summed E-state index contributed by atoms with van der Waals surface area (Å²) >= 11 is 0. The fourth-order valence-electron chi connectivity index (χ4n) is 0.903. The zero-order valence-corrected chi connectivity index (χ0v) is 7.43. The van der Waals surface area contributed by atoms with Crippen LogP contribution in [0.25, 0.3) is 0 Å². The molecule has 73 valence electrons. The molecule has 0 fully saturated rings. The Balaban J connectivity index is 2.61. The molecule has 0 spiro atoms. The molecule has 0 aliphatic heterocycles. The van der Waals surface area contributed by atoms with Crippen LogP contribution in [0.3, 0.4) is 0 Å².